The minimum atomic E-state index is 0.405. The first-order valence-corrected chi connectivity index (χ1v) is 12.7. The Balaban J connectivity index is 1.35. The molecule has 3 aromatic rings. The summed E-state index contributed by atoms with van der Waals surface area (Å²) in [4.78, 5) is 20.4. The zero-order valence-electron chi connectivity index (χ0n) is 19.1. The SMILES string of the molecule is Clc1ccc(Sc2ccccc2/C=N/Nc2nc(N3CCOCC3)nc(N3CCOCC3)n2)cc1. The third-order valence-electron chi connectivity index (χ3n) is 5.53. The first kappa shape index (κ1) is 23.8. The van der Waals surface area contributed by atoms with Crippen LogP contribution in [0.1, 0.15) is 5.56 Å². The maximum atomic E-state index is 6.02. The number of halogens is 1. The van der Waals surface area contributed by atoms with E-state index in [1.165, 1.54) is 0 Å². The van der Waals surface area contributed by atoms with Crippen molar-refractivity contribution in [2.75, 3.05) is 67.8 Å². The van der Waals surface area contributed by atoms with E-state index in [-0.39, 0.29) is 0 Å². The molecule has 1 N–H and O–H groups in total. The van der Waals surface area contributed by atoms with Gasteiger partial charge in [-0.2, -0.15) is 20.1 Å². The zero-order valence-corrected chi connectivity index (χ0v) is 20.7. The number of hydrogen-bond acceptors (Lipinski definition) is 10. The van der Waals surface area contributed by atoms with Crippen LogP contribution in [-0.4, -0.2) is 73.8 Å². The molecule has 0 bridgehead atoms. The minimum absolute atomic E-state index is 0.405. The standard InChI is InChI=1S/C24H26ClN7O2S/c25-19-5-7-20(8-6-19)35-21-4-2-1-3-18(21)17-26-30-22-27-23(31-9-13-33-14-10-31)29-24(28-22)32-11-15-34-16-12-32/h1-8,17H,9-16H2,(H,27,28,29,30)/b26-17+. The highest BCUT2D eigenvalue weighted by molar-refractivity contribution is 7.99. The van der Waals surface area contributed by atoms with Crippen LogP contribution in [-0.2, 0) is 9.47 Å². The van der Waals surface area contributed by atoms with Gasteiger partial charge >= 0.3 is 0 Å². The molecule has 35 heavy (non-hydrogen) atoms. The topological polar surface area (TPSA) is 88.0 Å². The molecule has 3 heterocycles. The predicted molar refractivity (Wildman–Crippen MR) is 139 cm³/mol. The van der Waals surface area contributed by atoms with Gasteiger partial charge in [0.15, 0.2) is 0 Å². The third kappa shape index (κ3) is 6.40. The van der Waals surface area contributed by atoms with Crippen molar-refractivity contribution < 1.29 is 9.47 Å². The summed E-state index contributed by atoms with van der Waals surface area (Å²) >= 11 is 7.68. The number of aromatic nitrogens is 3. The molecule has 0 unspecified atom stereocenters. The van der Waals surface area contributed by atoms with Crippen molar-refractivity contribution in [1.82, 2.24) is 15.0 Å². The third-order valence-corrected chi connectivity index (χ3v) is 6.88. The zero-order chi connectivity index (χ0) is 23.9. The van der Waals surface area contributed by atoms with Gasteiger partial charge < -0.3 is 19.3 Å². The van der Waals surface area contributed by atoms with Gasteiger partial charge in [0.05, 0.1) is 32.6 Å². The average molecular weight is 512 g/mol. The van der Waals surface area contributed by atoms with Gasteiger partial charge in [0, 0.05) is 46.6 Å². The maximum absolute atomic E-state index is 6.02. The fraction of sp³-hybridized carbons (Fsp3) is 0.333. The van der Waals surface area contributed by atoms with Crippen molar-refractivity contribution in [1.29, 1.82) is 0 Å². The number of rotatable bonds is 7. The highest BCUT2D eigenvalue weighted by Crippen LogP contribution is 2.30. The first-order chi connectivity index (χ1) is 17.2. The lowest BCUT2D eigenvalue weighted by Gasteiger charge is -2.30. The molecule has 9 nitrogen and oxygen atoms in total. The number of hydrazone groups is 1. The number of morpholine rings is 2. The van der Waals surface area contributed by atoms with Crippen LogP contribution >= 0.6 is 23.4 Å². The van der Waals surface area contributed by atoms with E-state index in [0.29, 0.717) is 44.3 Å². The smallest absolute Gasteiger partial charge is 0.250 e. The molecule has 2 aliphatic heterocycles. The van der Waals surface area contributed by atoms with E-state index in [1.54, 1.807) is 18.0 Å². The Hall–Kier alpha value is -2.92. The van der Waals surface area contributed by atoms with Crippen LogP contribution in [0.5, 0.6) is 0 Å². The summed E-state index contributed by atoms with van der Waals surface area (Å²) in [5.41, 5.74) is 4.00. The van der Waals surface area contributed by atoms with E-state index >= 15 is 0 Å². The van der Waals surface area contributed by atoms with Gasteiger partial charge in [-0.25, -0.2) is 5.43 Å². The van der Waals surface area contributed by atoms with Crippen LogP contribution in [0.4, 0.5) is 17.8 Å². The molecular weight excluding hydrogens is 486 g/mol. The molecule has 2 saturated heterocycles. The van der Waals surface area contributed by atoms with E-state index in [9.17, 15) is 0 Å². The van der Waals surface area contributed by atoms with Crippen molar-refractivity contribution >= 4 is 47.4 Å². The quantitative estimate of drug-likeness (QED) is 0.376. The summed E-state index contributed by atoms with van der Waals surface area (Å²) in [6.45, 7) is 5.58. The first-order valence-electron chi connectivity index (χ1n) is 11.5. The molecule has 5 rings (SSSR count). The van der Waals surface area contributed by atoms with Crippen LogP contribution in [0.25, 0.3) is 0 Å². The Labute approximate surface area is 213 Å². The molecule has 11 heteroatoms. The largest absolute Gasteiger partial charge is 0.378 e. The molecule has 0 aliphatic carbocycles. The van der Waals surface area contributed by atoms with Crippen LogP contribution in [0.15, 0.2) is 63.4 Å². The van der Waals surface area contributed by atoms with Crippen molar-refractivity contribution in [3.63, 3.8) is 0 Å². The van der Waals surface area contributed by atoms with Crippen LogP contribution in [0.2, 0.25) is 5.02 Å². The Kier molecular flexibility index (Phi) is 7.94. The lowest BCUT2D eigenvalue weighted by Crippen LogP contribution is -2.40. The molecule has 0 saturated carbocycles. The molecule has 2 aliphatic rings. The van der Waals surface area contributed by atoms with Gasteiger partial charge in [-0.3, -0.25) is 0 Å². The molecule has 182 valence electrons. The van der Waals surface area contributed by atoms with E-state index < -0.39 is 0 Å². The van der Waals surface area contributed by atoms with Gasteiger partial charge in [0.1, 0.15) is 0 Å². The second kappa shape index (κ2) is 11.7. The van der Waals surface area contributed by atoms with Crippen LogP contribution in [0, 0.1) is 0 Å². The number of ether oxygens (including phenoxy) is 2. The Morgan fingerprint density at radius 3 is 2.06 bits per heavy atom. The van der Waals surface area contributed by atoms with Gasteiger partial charge in [0.25, 0.3) is 0 Å². The van der Waals surface area contributed by atoms with Crippen molar-refractivity contribution in [2.45, 2.75) is 9.79 Å². The highest BCUT2D eigenvalue weighted by atomic mass is 35.5. The Morgan fingerprint density at radius 1 is 0.829 bits per heavy atom. The van der Waals surface area contributed by atoms with E-state index in [1.807, 2.05) is 42.5 Å². The number of nitrogens with zero attached hydrogens (tertiary/aromatic N) is 6. The van der Waals surface area contributed by atoms with Crippen molar-refractivity contribution in [3.8, 4) is 0 Å². The molecule has 0 radical (unpaired) electrons. The van der Waals surface area contributed by atoms with Gasteiger partial charge in [-0.05, 0) is 30.3 Å². The summed E-state index contributed by atoms with van der Waals surface area (Å²) in [7, 11) is 0. The Morgan fingerprint density at radius 2 is 1.43 bits per heavy atom. The normalized spacial score (nSPS) is 16.6. The summed E-state index contributed by atoms with van der Waals surface area (Å²) in [5, 5.41) is 5.17. The monoisotopic (exact) mass is 511 g/mol. The molecule has 0 spiro atoms. The highest BCUT2D eigenvalue weighted by Gasteiger charge is 2.20. The second-order valence-electron chi connectivity index (χ2n) is 7.92. The second-order valence-corrected chi connectivity index (χ2v) is 9.47. The maximum Gasteiger partial charge on any atom is 0.250 e. The summed E-state index contributed by atoms with van der Waals surface area (Å²) in [5.74, 6) is 1.66. The fourth-order valence-corrected chi connectivity index (χ4v) is 4.72. The summed E-state index contributed by atoms with van der Waals surface area (Å²) in [6.07, 6.45) is 1.78. The van der Waals surface area contributed by atoms with Gasteiger partial charge in [-0.15, -0.1) is 0 Å². The average Bonchev–Trinajstić information content (AvgIpc) is 2.92. The summed E-state index contributed by atoms with van der Waals surface area (Å²) in [6, 6.07) is 15.9. The van der Waals surface area contributed by atoms with E-state index in [2.05, 4.69) is 36.4 Å². The molecule has 0 atom stereocenters. The molecular formula is C24H26ClN7O2S. The number of hydrogen-bond donors (Lipinski definition) is 1. The predicted octanol–water partition coefficient (Wildman–Crippen LogP) is 3.80. The lowest BCUT2D eigenvalue weighted by molar-refractivity contribution is 0.121. The number of anilines is 3. The van der Waals surface area contributed by atoms with Crippen molar-refractivity contribution in [2.24, 2.45) is 5.10 Å². The van der Waals surface area contributed by atoms with Crippen LogP contribution in [0.3, 0.4) is 0 Å². The molecule has 2 aromatic carbocycles. The lowest BCUT2D eigenvalue weighted by atomic mass is 10.2. The molecule has 2 fully saturated rings. The Bertz CT molecular complexity index is 1120. The van der Waals surface area contributed by atoms with Crippen LogP contribution < -0.4 is 15.2 Å². The fourth-order valence-electron chi connectivity index (χ4n) is 3.68. The van der Waals surface area contributed by atoms with Gasteiger partial charge in [0.2, 0.25) is 17.8 Å². The van der Waals surface area contributed by atoms with E-state index in [0.717, 1.165) is 46.6 Å². The van der Waals surface area contributed by atoms with Crippen molar-refractivity contribution in [3.05, 3.63) is 59.1 Å². The summed E-state index contributed by atoms with van der Waals surface area (Å²) < 4.78 is 11.0. The van der Waals surface area contributed by atoms with E-state index in [4.69, 9.17) is 26.1 Å². The minimum Gasteiger partial charge on any atom is -0.378 e. The molecule has 1 aromatic heterocycles. The molecule has 0 amide bonds. The van der Waals surface area contributed by atoms with Gasteiger partial charge in [-0.1, -0.05) is 41.6 Å². The number of benzene rings is 2. The number of nitrogens with one attached hydrogen (secondary N) is 1.